The molecule has 0 aliphatic carbocycles. The summed E-state index contributed by atoms with van der Waals surface area (Å²) in [6, 6.07) is 8.43. The van der Waals surface area contributed by atoms with Crippen molar-refractivity contribution in [2.45, 2.75) is 12.5 Å². The zero-order chi connectivity index (χ0) is 14.0. The Morgan fingerprint density at radius 1 is 1.16 bits per heavy atom. The minimum atomic E-state index is -0.593. The molecule has 5 heteroatoms. The van der Waals surface area contributed by atoms with E-state index in [1.807, 2.05) is 0 Å². The molecule has 2 N–H and O–H groups in total. The second-order valence-electron chi connectivity index (χ2n) is 4.22. The fourth-order valence-electron chi connectivity index (χ4n) is 1.79. The van der Waals surface area contributed by atoms with Gasteiger partial charge in [0.25, 0.3) is 0 Å². The van der Waals surface area contributed by atoms with Gasteiger partial charge in [-0.05, 0) is 51.7 Å². The lowest BCUT2D eigenvalue weighted by atomic mass is 9.99. The minimum absolute atomic E-state index is 0.292. The highest BCUT2D eigenvalue weighted by atomic mass is 79.9. The van der Waals surface area contributed by atoms with Crippen molar-refractivity contribution in [1.29, 1.82) is 0 Å². The van der Waals surface area contributed by atoms with Crippen LogP contribution in [0.4, 0.5) is 8.78 Å². The van der Waals surface area contributed by atoms with E-state index in [-0.39, 0.29) is 6.04 Å². The number of halogens is 4. The van der Waals surface area contributed by atoms with Crippen molar-refractivity contribution < 1.29 is 8.78 Å². The van der Waals surface area contributed by atoms with Gasteiger partial charge < -0.3 is 5.73 Å². The zero-order valence-corrected chi connectivity index (χ0v) is 12.2. The van der Waals surface area contributed by atoms with E-state index in [1.165, 1.54) is 12.1 Å². The van der Waals surface area contributed by atoms with Crippen LogP contribution in [0, 0.1) is 11.6 Å². The smallest absolute Gasteiger partial charge is 0.129 e. The third kappa shape index (κ3) is 3.53. The van der Waals surface area contributed by atoms with Crippen molar-refractivity contribution in [2.75, 3.05) is 0 Å². The normalized spacial score (nSPS) is 12.5. The third-order valence-corrected chi connectivity index (χ3v) is 4.04. The number of nitrogens with two attached hydrogens (primary N) is 1. The number of hydrogen-bond acceptors (Lipinski definition) is 1. The summed E-state index contributed by atoms with van der Waals surface area (Å²) in [7, 11) is 0. The molecular formula is C14H11BrClF2N. The van der Waals surface area contributed by atoms with E-state index < -0.39 is 11.6 Å². The van der Waals surface area contributed by atoms with Crippen molar-refractivity contribution in [2.24, 2.45) is 5.73 Å². The Labute approximate surface area is 123 Å². The summed E-state index contributed by atoms with van der Waals surface area (Å²) in [6.07, 6.45) is 0.292. The fourth-order valence-corrected chi connectivity index (χ4v) is 2.30. The van der Waals surface area contributed by atoms with Crippen molar-refractivity contribution in [3.05, 3.63) is 68.7 Å². The average molecular weight is 347 g/mol. The van der Waals surface area contributed by atoms with Crippen LogP contribution in [0.15, 0.2) is 40.9 Å². The van der Waals surface area contributed by atoms with Gasteiger partial charge in [0.15, 0.2) is 0 Å². The van der Waals surface area contributed by atoms with E-state index in [0.717, 1.165) is 16.1 Å². The molecule has 0 fully saturated rings. The molecule has 0 saturated carbocycles. The molecule has 0 aliphatic rings. The molecule has 2 rings (SSSR count). The van der Waals surface area contributed by atoms with Crippen LogP contribution in [0.5, 0.6) is 0 Å². The lowest BCUT2D eigenvalue weighted by Crippen LogP contribution is -2.14. The van der Waals surface area contributed by atoms with Gasteiger partial charge >= 0.3 is 0 Å². The SMILES string of the molecule is NC(Cc1ccc(F)cc1F)c1ccc(Cl)c(Br)c1. The van der Waals surface area contributed by atoms with E-state index in [2.05, 4.69) is 15.9 Å². The third-order valence-electron chi connectivity index (χ3n) is 2.83. The van der Waals surface area contributed by atoms with Gasteiger partial charge in [-0.3, -0.25) is 0 Å². The maximum Gasteiger partial charge on any atom is 0.129 e. The molecule has 0 aliphatic heterocycles. The summed E-state index contributed by atoms with van der Waals surface area (Å²) in [4.78, 5) is 0. The maximum absolute atomic E-state index is 13.5. The molecule has 1 nitrogen and oxygen atoms in total. The Balaban J connectivity index is 2.20. The van der Waals surface area contributed by atoms with Gasteiger partial charge in [-0.1, -0.05) is 23.7 Å². The second-order valence-corrected chi connectivity index (χ2v) is 5.48. The topological polar surface area (TPSA) is 26.0 Å². The average Bonchev–Trinajstić information content (AvgIpc) is 2.36. The predicted molar refractivity (Wildman–Crippen MR) is 76.1 cm³/mol. The first-order chi connectivity index (χ1) is 8.97. The highest BCUT2D eigenvalue weighted by Gasteiger charge is 2.12. The Hall–Kier alpha value is -0.970. The van der Waals surface area contributed by atoms with Crippen LogP contribution in [0.1, 0.15) is 17.2 Å². The van der Waals surface area contributed by atoms with E-state index in [1.54, 1.807) is 18.2 Å². The molecule has 1 unspecified atom stereocenters. The largest absolute Gasteiger partial charge is 0.324 e. The summed E-state index contributed by atoms with van der Waals surface area (Å²) in [5.41, 5.74) is 7.25. The molecule has 1 atom stereocenters. The van der Waals surface area contributed by atoms with Crippen LogP contribution in [-0.4, -0.2) is 0 Å². The van der Waals surface area contributed by atoms with Crippen LogP contribution in [-0.2, 0) is 6.42 Å². The number of hydrogen-bond donors (Lipinski definition) is 1. The lowest BCUT2D eigenvalue weighted by molar-refractivity contribution is 0.563. The van der Waals surface area contributed by atoms with Crippen molar-refractivity contribution in [3.63, 3.8) is 0 Å². The van der Waals surface area contributed by atoms with Gasteiger partial charge in [0.05, 0.1) is 5.02 Å². The maximum atomic E-state index is 13.5. The van der Waals surface area contributed by atoms with Gasteiger partial charge in [0.1, 0.15) is 11.6 Å². The Morgan fingerprint density at radius 3 is 2.53 bits per heavy atom. The molecule has 100 valence electrons. The van der Waals surface area contributed by atoms with Crippen LogP contribution < -0.4 is 5.73 Å². The number of rotatable bonds is 3. The quantitative estimate of drug-likeness (QED) is 0.862. The van der Waals surface area contributed by atoms with Crippen molar-refractivity contribution in [1.82, 2.24) is 0 Å². The van der Waals surface area contributed by atoms with Gasteiger partial charge in [-0.2, -0.15) is 0 Å². The molecule has 0 radical (unpaired) electrons. The molecule has 2 aromatic rings. The Kier molecular flexibility index (Phi) is 4.55. The van der Waals surface area contributed by atoms with E-state index in [0.29, 0.717) is 17.0 Å². The van der Waals surface area contributed by atoms with Crippen LogP contribution in [0.2, 0.25) is 5.02 Å². The first-order valence-electron chi connectivity index (χ1n) is 5.62. The van der Waals surface area contributed by atoms with Crippen molar-refractivity contribution >= 4 is 27.5 Å². The minimum Gasteiger partial charge on any atom is -0.324 e. The van der Waals surface area contributed by atoms with Crippen LogP contribution >= 0.6 is 27.5 Å². The first-order valence-corrected chi connectivity index (χ1v) is 6.79. The molecule has 2 aromatic carbocycles. The van der Waals surface area contributed by atoms with Gasteiger partial charge in [0.2, 0.25) is 0 Å². The molecule has 19 heavy (non-hydrogen) atoms. The zero-order valence-electron chi connectivity index (χ0n) is 9.84. The molecule has 0 bridgehead atoms. The summed E-state index contributed by atoms with van der Waals surface area (Å²) >= 11 is 9.21. The van der Waals surface area contributed by atoms with E-state index >= 15 is 0 Å². The van der Waals surface area contributed by atoms with Gasteiger partial charge in [-0.25, -0.2) is 8.78 Å². The Morgan fingerprint density at radius 2 is 1.89 bits per heavy atom. The molecular weight excluding hydrogens is 336 g/mol. The highest BCUT2D eigenvalue weighted by molar-refractivity contribution is 9.10. The van der Waals surface area contributed by atoms with E-state index in [4.69, 9.17) is 17.3 Å². The highest BCUT2D eigenvalue weighted by Crippen LogP contribution is 2.27. The standard InChI is InChI=1S/C14H11BrClF2N/c15-11-5-9(2-4-12(11)16)14(19)6-8-1-3-10(17)7-13(8)18/h1-5,7,14H,6,19H2. The Bertz CT molecular complexity index is 604. The monoisotopic (exact) mass is 345 g/mol. The van der Waals surface area contributed by atoms with Crippen molar-refractivity contribution in [3.8, 4) is 0 Å². The number of benzene rings is 2. The molecule has 0 spiro atoms. The van der Waals surface area contributed by atoms with E-state index in [9.17, 15) is 8.78 Å². The van der Waals surface area contributed by atoms with Gasteiger partial charge in [0, 0.05) is 16.6 Å². The molecule has 0 amide bonds. The molecule has 0 aromatic heterocycles. The summed E-state index contributed by atoms with van der Waals surface area (Å²) in [5, 5.41) is 0.587. The molecule has 0 saturated heterocycles. The van der Waals surface area contributed by atoms with Crippen LogP contribution in [0.3, 0.4) is 0 Å². The van der Waals surface area contributed by atoms with Gasteiger partial charge in [-0.15, -0.1) is 0 Å². The molecule has 0 heterocycles. The van der Waals surface area contributed by atoms with Crippen LogP contribution in [0.25, 0.3) is 0 Å². The summed E-state index contributed by atoms with van der Waals surface area (Å²) in [5.74, 6) is -1.17. The second kappa shape index (κ2) is 5.99. The lowest BCUT2D eigenvalue weighted by Gasteiger charge is -2.13. The fraction of sp³-hybridized carbons (Fsp3) is 0.143. The summed E-state index contributed by atoms with van der Waals surface area (Å²) < 4.78 is 27.1. The summed E-state index contributed by atoms with van der Waals surface area (Å²) in [6.45, 7) is 0. The first kappa shape index (κ1) is 14.4. The predicted octanol–water partition coefficient (Wildman–Crippen LogP) is 4.62.